The van der Waals surface area contributed by atoms with Crippen molar-refractivity contribution in [2.45, 2.75) is 13.5 Å². The summed E-state index contributed by atoms with van der Waals surface area (Å²) in [7, 11) is 0. The van der Waals surface area contributed by atoms with Crippen LogP contribution < -0.4 is 0 Å². The van der Waals surface area contributed by atoms with Crippen LogP contribution in [0, 0.1) is 6.92 Å². The molecule has 4 rings (SSSR count). The Morgan fingerprint density at radius 2 is 1.37 bits per heavy atom. The highest BCUT2D eigenvalue weighted by Crippen LogP contribution is 2.32. The van der Waals surface area contributed by atoms with E-state index < -0.39 is 5.97 Å². The number of benzene rings is 3. The lowest BCUT2D eigenvalue weighted by atomic mass is 9.80. The van der Waals surface area contributed by atoms with Crippen molar-refractivity contribution >= 4 is 17.5 Å². The van der Waals surface area contributed by atoms with Gasteiger partial charge in [0, 0.05) is 22.3 Å². The van der Waals surface area contributed by atoms with Gasteiger partial charge in [-0.25, -0.2) is 4.79 Å². The Morgan fingerprint density at radius 3 is 2.04 bits per heavy atom. The molecule has 27 heavy (non-hydrogen) atoms. The molecule has 0 aliphatic heterocycles. The van der Waals surface area contributed by atoms with Crippen molar-refractivity contribution in [1.82, 2.24) is 0 Å². The van der Waals surface area contributed by atoms with Crippen LogP contribution in [0.5, 0.6) is 0 Å². The molecule has 0 fully saturated rings. The second-order valence-corrected chi connectivity index (χ2v) is 6.45. The van der Waals surface area contributed by atoms with E-state index in [1.165, 1.54) is 0 Å². The van der Waals surface area contributed by atoms with Gasteiger partial charge < -0.3 is 4.74 Å². The largest absolute Gasteiger partial charge is 0.457 e. The summed E-state index contributed by atoms with van der Waals surface area (Å²) >= 11 is 0. The summed E-state index contributed by atoms with van der Waals surface area (Å²) in [5.41, 5.74) is 2.74. The minimum Gasteiger partial charge on any atom is -0.457 e. The molecule has 3 aromatic rings. The van der Waals surface area contributed by atoms with Gasteiger partial charge in [-0.05, 0) is 24.1 Å². The highest BCUT2D eigenvalue weighted by Gasteiger charge is 2.34. The predicted octanol–water partition coefficient (Wildman–Crippen LogP) is 4.13. The third-order valence-electron chi connectivity index (χ3n) is 4.72. The maximum Gasteiger partial charge on any atom is 0.339 e. The van der Waals surface area contributed by atoms with Crippen molar-refractivity contribution in [2.75, 3.05) is 0 Å². The molecule has 1 aliphatic carbocycles. The van der Waals surface area contributed by atoms with Gasteiger partial charge in [-0.3, -0.25) is 9.59 Å². The summed E-state index contributed by atoms with van der Waals surface area (Å²) in [5, 5.41) is 0. The summed E-state index contributed by atoms with van der Waals surface area (Å²) < 4.78 is 5.39. The van der Waals surface area contributed by atoms with Crippen LogP contribution in [-0.2, 0) is 11.3 Å². The summed E-state index contributed by atoms with van der Waals surface area (Å²) in [6.07, 6.45) is 0. The van der Waals surface area contributed by atoms with Crippen LogP contribution in [0.3, 0.4) is 0 Å². The van der Waals surface area contributed by atoms with E-state index in [9.17, 15) is 14.4 Å². The van der Waals surface area contributed by atoms with Crippen molar-refractivity contribution in [1.29, 1.82) is 0 Å². The fraction of sp³-hybridized carbons (Fsp3) is 0.0870. The highest BCUT2D eigenvalue weighted by molar-refractivity contribution is 6.31. The number of aryl methyl sites for hydroxylation is 1. The van der Waals surface area contributed by atoms with Gasteiger partial charge in [0.05, 0.1) is 5.56 Å². The minimum atomic E-state index is -0.615. The fourth-order valence-electron chi connectivity index (χ4n) is 3.35. The van der Waals surface area contributed by atoms with Gasteiger partial charge in [-0.2, -0.15) is 0 Å². The fourth-order valence-corrected chi connectivity index (χ4v) is 3.35. The van der Waals surface area contributed by atoms with Crippen molar-refractivity contribution in [3.63, 3.8) is 0 Å². The van der Waals surface area contributed by atoms with Crippen molar-refractivity contribution in [3.8, 4) is 0 Å². The molecule has 3 aromatic carbocycles. The van der Waals surface area contributed by atoms with E-state index in [0.29, 0.717) is 16.7 Å². The van der Waals surface area contributed by atoms with Gasteiger partial charge >= 0.3 is 5.97 Å². The Labute approximate surface area is 156 Å². The second kappa shape index (κ2) is 6.65. The summed E-state index contributed by atoms with van der Waals surface area (Å²) in [6.45, 7) is 1.86. The Morgan fingerprint density at radius 1 is 0.778 bits per heavy atom. The molecule has 0 radical (unpaired) electrons. The van der Waals surface area contributed by atoms with Crippen LogP contribution in [0.4, 0.5) is 0 Å². The second-order valence-electron chi connectivity index (χ2n) is 6.45. The molecule has 0 aromatic heterocycles. The van der Waals surface area contributed by atoms with Gasteiger partial charge in [0.25, 0.3) is 0 Å². The monoisotopic (exact) mass is 356 g/mol. The third kappa shape index (κ3) is 2.85. The Hall–Kier alpha value is -3.53. The summed E-state index contributed by atoms with van der Waals surface area (Å²) in [4.78, 5) is 38.6. The number of carbonyl (C=O) groups is 3. The zero-order valence-corrected chi connectivity index (χ0v) is 14.7. The topological polar surface area (TPSA) is 60.4 Å². The average molecular weight is 356 g/mol. The molecule has 0 unspecified atom stereocenters. The van der Waals surface area contributed by atoms with Crippen LogP contribution >= 0.6 is 0 Å². The lowest BCUT2D eigenvalue weighted by Crippen LogP contribution is -2.25. The molecular weight excluding hydrogens is 340 g/mol. The number of ether oxygens (including phenoxy) is 1. The SMILES string of the molecule is Cc1ccc(C(=O)OCc2ccccc2)c2c1C(=O)c1ccccc1C2=O. The predicted molar refractivity (Wildman–Crippen MR) is 100 cm³/mol. The lowest BCUT2D eigenvalue weighted by molar-refractivity contribution is 0.0470. The number of rotatable bonds is 3. The maximum absolute atomic E-state index is 13.0. The van der Waals surface area contributed by atoms with Crippen LogP contribution in [-0.4, -0.2) is 17.5 Å². The van der Waals surface area contributed by atoms with E-state index in [-0.39, 0.29) is 34.9 Å². The number of esters is 1. The van der Waals surface area contributed by atoms with Crippen LogP contribution in [0.15, 0.2) is 66.7 Å². The third-order valence-corrected chi connectivity index (χ3v) is 4.72. The van der Waals surface area contributed by atoms with Crippen LogP contribution in [0.1, 0.15) is 53.3 Å². The van der Waals surface area contributed by atoms with Gasteiger partial charge in [0.1, 0.15) is 6.61 Å². The molecule has 0 spiro atoms. The number of hydrogen-bond acceptors (Lipinski definition) is 4. The first-order valence-corrected chi connectivity index (χ1v) is 8.61. The molecule has 0 amide bonds. The summed E-state index contributed by atoms with van der Waals surface area (Å²) in [5.74, 6) is -1.18. The van der Waals surface area contributed by atoms with Crippen LogP contribution in [0.25, 0.3) is 0 Å². The van der Waals surface area contributed by atoms with Crippen molar-refractivity contribution in [2.24, 2.45) is 0 Å². The number of carbonyl (C=O) groups excluding carboxylic acids is 3. The number of hydrogen-bond donors (Lipinski definition) is 0. The minimum absolute atomic E-state index is 0.0983. The van der Waals surface area contributed by atoms with E-state index in [0.717, 1.165) is 5.56 Å². The molecule has 0 atom stereocenters. The molecule has 1 aliphatic rings. The Balaban J connectivity index is 1.75. The molecule has 4 heteroatoms. The molecule has 0 N–H and O–H groups in total. The average Bonchev–Trinajstić information content (AvgIpc) is 2.71. The Kier molecular flexibility index (Phi) is 4.16. The van der Waals surface area contributed by atoms with Gasteiger partial charge in [-0.15, -0.1) is 0 Å². The molecule has 132 valence electrons. The molecule has 0 heterocycles. The van der Waals surface area contributed by atoms with Crippen molar-refractivity contribution < 1.29 is 19.1 Å². The normalized spacial score (nSPS) is 12.3. The molecule has 0 bridgehead atoms. The maximum atomic E-state index is 13.0. The van der Waals surface area contributed by atoms with Crippen LogP contribution in [0.2, 0.25) is 0 Å². The first-order chi connectivity index (χ1) is 13.1. The van der Waals surface area contributed by atoms with E-state index in [1.54, 1.807) is 43.3 Å². The van der Waals surface area contributed by atoms with E-state index in [1.807, 2.05) is 30.3 Å². The van der Waals surface area contributed by atoms with Gasteiger partial charge in [-0.1, -0.05) is 60.7 Å². The molecule has 0 saturated carbocycles. The number of fused-ring (bicyclic) bond motifs is 2. The Bertz CT molecular complexity index is 1080. The van der Waals surface area contributed by atoms with Gasteiger partial charge in [0.2, 0.25) is 0 Å². The van der Waals surface area contributed by atoms with E-state index >= 15 is 0 Å². The smallest absolute Gasteiger partial charge is 0.339 e. The first kappa shape index (κ1) is 16.9. The molecule has 0 saturated heterocycles. The quantitative estimate of drug-likeness (QED) is 0.518. The summed E-state index contributed by atoms with van der Waals surface area (Å²) in [6, 6.07) is 19.2. The lowest BCUT2D eigenvalue weighted by Gasteiger charge is -2.21. The molecule has 4 nitrogen and oxygen atoms in total. The van der Waals surface area contributed by atoms with E-state index in [2.05, 4.69) is 0 Å². The first-order valence-electron chi connectivity index (χ1n) is 8.61. The zero-order valence-electron chi connectivity index (χ0n) is 14.7. The van der Waals surface area contributed by atoms with E-state index in [4.69, 9.17) is 4.74 Å². The molecular formula is C23H16O4. The highest BCUT2D eigenvalue weighted by atomic mass is 16.5. The number of ketones is 2. The van der Waals surface area contributed by atoms with Crippen molar-refractivity contribution in [3.05, 3.63) is 106 Å². The zero-order chi connectivity index (χ0) is 19.0. The standard InChI is InChI=1S/C23H16O4/c1-14-11-12-18(23(26)27-13-15-7-3-2-4-8-15)20-19(14)21(24)16-9-5-6-10-17(16)22(20)25/h2-12H,13H2,1H3. The van der Waals surface area contributed by atoms with Gasteiger partial charge in [0.15, 0.2) is 11.6 Å².